The van der Waals surface area contributed by atoms with E-state index in [0.29, 0.717) is 0 Å². The molecule has 0 heterocycles. The monoisotopic (exact) mass is 211 g/mol. The summed E-state index contributed by atoms with van der Waals surface area (Å²) >= 11 is 0. The molecule has 0 bridgehead atoms. The molecule has 0 rings (SSSR count). The molecule has 0 unspecified atom stereocenters. The van der Waals surface area contributed by atoms with Gasteiger partial charge in [0.2, 0.25) is 0 Å². The molecule has 0 atom stereocenters. The number of hydroxylamine groups is 1. The van der Waals surface area contributed by atoms with E-state index in [-0.39, 0.29) is 12.1 Å². The third-order valence-corrected chi connectivity index (χ3v) is 2.78. The van der Waals surface area contributed by atoms with Crippen LogP contribution in [0.2, 0.25) is 0 Å². The molecule has 0 aliphatic heterocycles. The molecule has 6 heteroatoms. The van der Waals surface area contributed by atoms with Crippen LogP contribution in [0.3, 0.4) is 0 Å². The normalized spacial score (nSPS) is 13.2. The van der Waals surface area contributed by atoms with Gasteiger partial charge >= 0.3 is 10.3 Å². The maximum Gasteiger partial charge on any atom is 0.361 e. The minimum Gasteiger partial charge on any atom is -0.286 e. The van der Waals surface area contributed by atoms with Gasteiger partial charge in [-0.25, -0.2) is 0 Å². The molecule has 80 valence electrons. The van der Waals surface area contributed by atoms with E-state index in [1.54, 1.807) is 27.7 Å². The van der Waals surface area contributed by atoms with Gasteiger partial charge in [-0.05, 0) is 27.7 Å². The third kappa shape index (κ3) is 4.04. The van der Waals surface area contributed by atoms with Crippen molar-refractivity contribution in [3.63, 3.8) is 0 Å². The highest BCUT2D eigenvalue weighted by Crippen LogP contribution is 2.10. The minimum atomic E-state index is -3.76. The van der Waals surface area contributed by atoms with E-state index in [0.717, 1.165) is 4.47 Å². The summed E-state index contributed by atoms with van der Waals surface area (Å²) in [6.07, 6.45) is -0.388. The molecule has 0 saturated heterocycles. The van der Waals surface area contributed by atoms with Gasteiger partial charge in [-0.3, -0.25) is 9.02 Å². The van der Waals surface area contributed by atoms with Crippen LogP contribution in [-0.4, -0.2) is 32.1 Å². The number of rotatable bonds is 5. The first-order chi connectivity index (χ1) is 5.81. The van der Waals surface area contributed by atoms with Crippen LogP contribution >= 0.6 is 0 Å². The maximum atomic E-state index is 11.4. The summed E-state index contributed by atoms with van der Waals surface area (Å²) in [5.41, 5.74) is 0. The molecule has 0 aromatic heterocycles. The first-order valence-corrected chi connectivity index (χ1v) is 5.44. The van der Waals surface area contributed by atoms with Gasteiger partial charge in [-0.15, -0.1) is 0 Å². The minimum absolute atomic E-state index is 0.284. The van der Waals surface area contributed by atoms with E-state index >= 15 is 0 Å². The van der Waals surface area contributed by atoms with Crippen LogP contribution in [0.1, 0.15) is 27.7 Å². The van der Waals surface area contributed by atoms with Crippen molar-refractivity contribution in [1.29, 1.82) is 0 Å². The topological polar surface area (TPSA) is 55.8 Å². The van der Waals surface area contributed by atoms with Gasteiger partial charge in [0, 0.05) is 6.04 Å². The maximum absolute atomic E-state index is 11.4. The molecular weight excluding hydrogens is 194 g/mol. The van der Waals surface area contributed by atoms with Gasteiger partial charge in [0.15, 0.2) is 0 Å². The van der Waals surface area contributed by atoms with Crippen molar-refractivity contribution >= 4 is 10.3 Å². The Hall–Kier alpha value is -0.170. The Morgan fingerprint density at radius 1 is 1.15 bits per heavy atom. The average Bonchev–Trinajstić information content (AvgIpc) is 1.82. The van der Waals surface area contributed by atoms with Gasteiger partial charge in [-0.2, -0.15) is 8.42 Å². The van der Waals surface area contributed by atoms with Gasteiger partial charge < -0.3 is 0 Å². The molecule has 13 heavy (non-hydrogen) atoms. The van der Waals surface area contributed by atoms with Crippen molar-refractivity contribution in [3.05, 3.63) is 0 Å². The van der Waals surface area contributed by atoms with Crippen LogP contribution in [0.15, 0.2) is 0 Å². The molecule has 0 aromatic carbocycles. The SMILES string of the molecule is CON(C(C)C)S(=O)(=O)OC(C)C. The molecule has 0 aliphatic rings. The predicted octanol–water partition coefficient (Wildman–Crippen LogP) is 0.928. The lowest BCUT2D eigenvalue weighted by Crippen LogP contribution is -2.38. The number of nitrogens with zero attached hydrogens (tertiary/aromatic N) is 1. The number of hydrogen-bond donors (Lipinski definition) is 0. The summed E-state index contributed by atoms with van der Waals surface area (Å²) in [4.78, 5) is 4.70. The fraction of sp³-hybridized carbons (Fsp3) is 1.00. The molecule has 0 fully saturated rings. The molecule has 0 aromatic rings. The largest absolute Gasteiger partial charge is 0.361 e. The van der Waals surface area contributed by atoms with Crippen molar-refractivity contribution < 1.29 is 17.4 Å². The summed E-state index contributed by atoms with van der Waals surface area (Å²) in [6.45, 7) is 6.69. The zero-order valence-electron chi connectivity index (χ0n) is 8.64. The summed E-state index contributed by atoms with van der Waals surface area (Å²) in [7, 11) is -2.47. The Morgan fingerprint density at radius 3 is 1.85 bits per heavy atom. The Morgan fingerprint density at radius 2 is 1.62 bits per heavy atom. The van der Waals surface area contributed by atoms with E-state index in [1.165, 1.54) is 7.11 Å². The second-order valence-electron chi connectivity index (χ2n) is 3.13. The van der Waals surface area contributed by atoms with E-state index in [1.807, 2.05) is 0 Å². The lowest BCUT2D eigenvalue weighted by molar-refractivity contribution is -0.0829. The molecule has 0 N–H and O–H groups in total. The lowest BCUT2D eigenvalue weighted by Gasteiger charge is -2.23. The van der Waals surface area contributed by atoms with Crippen molar-refractivity contribution in [1.82, 2.24) is 4.47 Å². The van der Waals surface area contributed by atoms with E-state index in [4.69, 9.17) is 9.02 Å². The quantitative estimate of drug-likeness (QED) is 0.635. The Labute approximate surface area is 79.8 Å². The predicted molar refractivity (Wildman–Crippen MR) is 49.1 cm³/mol. The zero-order valence-corrected chi connectivity index (χ0v) is 9.46. The smallest absolute Gasteiger partial charge is 0.286 e. The standard InChI is InChI=1S/C7H17NO4S/c1-6(2)8(11-5)13(9,10)12-7(3)4/h6-7H,1-5H3. The van der Waals surface area contributed by atoms with Crippen molar-refractivity contribution in [3.8, 4) is 0 Å². The molecule has 0 spiro atoms. The zero-order chi connectivity index (χ0) is 10.6. The average molecular weight is 211 g/mol. The van der Waals surface area contributed by atoms with Crippen LogP contribution in [0.4, 0.5) is 0 Å². The lowest BCUT2D eigenvalue weighted by atomic mass is 10.4. The van der Waals surface area contributed by atoms with Crippen molar-refractivity contribution in [2.45, 2.75) is 39.8 Å². The summed E-state index contributed by atoms with van der Waals surface area (Å²) in [5.74, 6) is 0. The first-order valence-electron chi connectivity index (χ1n) is 4.08. The highest BCUT2D eigenvalue weighted by atomic mass is 32.2. The van der Waals surface area contributed by atoms with Gasteiger partial charge in [0.25, 0.3) is 0 Å². The molecule has 5 nitrogen and oxygen atoms in total. The van der Waals surface area contributed by atoms with Crippen LogP contribution in [-0.2, 0) is 19.3 Å². The Balaban J connectivity index is 4.59. The van der Waals surface area contributed by atoms with Gasteiger partial charge in [0.1, 0.15) is 0 Å². The molecule has 0 saturated carbocycles. The summed E-state index contributed by atoms with van der Waals surface area (Å²) in [5, 5.41) is 0. The molecule has 0 amide bonds. The highest BCUT2D eigenvalue weighted by Gasteiger charge is 2.27. The summed E-state index contributed by atoms with van der Waals surface area (Å²) in [6, 6.07) is -0.284. The van der Waals surface area contributed by atoms with Crippen molar-refractivity contribution in [2.75, 3.05) is 7.11 Å². The van der Waals surface area contributed by atoms with Gasteiger partial charge in [0.05, 0.1) is 13.2 Å². The van der Waals surface area contributed by atoms with Gasteiger partial charge in [-0.1, -0.05) is 4.47 Å². The summed E-state index contributed by atoms with van der Waals surface area (Å²) < 4.78 is 28.3. The van der Waals surface area contributed by atoms with E-state index in [2.05, 4.69) is 0 Å². The Bertz CT molecular complexity index is 235. The number of hydrogen-bond acceptors (Lipinski definition) is 4. The molecule has 0 radical (unpaired) electrons. The molecule has 0 aliphatic carbocycles. The Kier molecular flexibility index (Phi) is 4.83. The fourth-order valence-electron chi connectivity index (χ4n) is 0.846. The second-order valence-corrected chi connectivity index (χ2v) is 4.54. The fourth-order valence-corrected chi connectivity index (χ4v) is 2.12. The highest BCUT2D eigenvalue weighted by molar-refractivity contribution is 7.84. The molecular formula is C7H17NO4S. The van der Waals surface area contributed by atoms with Crippen LogP contribution in [0.5, 0.6) is 0 Å². The first kappa shape index (κ1) is 12.8. The van der Waals surface area contributed by atoms with E-state index < -0.39 is 10.3 Å². The third-order valence-electron chi connectivity index (χ3n) is 1.14. The van der Waals surface area contributed by atoms with Crippen LogP contribution < -0.4 is 0 Å². The van der Waals surface area contributed by atoms with Crippen LogP contribution in [0, 0.1) is 0 Å². The van der Waals surface area contributed by atoms with Crippen molar-refractivity contribution in [2.24, 2.45) is 0 Å². The van der Waals surface area contributed by atoms with E-state index in [9.17, 15) is 8.42 Å². The second kappa shape index (κ2) is 4.90. The van der Waals surface area contributed by atoms with Crippen LogP contribution in [0.25, 0.3) is 0 Å².